The van der Waals surface area contributed by atoms with E-state index in [1.807, 2.05) is 12.2 Å². The van der Waals surface area contributed by atoms with Crippen LogP contribution in [0.25, 0.3) is 0 Å². The van der Waals surface area contributed by atoms with Crippen LogP contribution < -0.4 is 0 Å². The van der Waals surface area contributed by atoms with Crippen LogP contribution in [-0.2, 0) is 4.79 Å². The Labute approximate surface area is 118 Å². The molecule has 6 heteroatoms. The zero-order valence-electron chi connectivity index (χ0n) is 11.6. The predicted octanol–water partition coefficient (Wildman–Crippen LogP) is 2.24. The normalized spacial score (nSPS) is 26.1. The lowest BCUT2D eigenvalue weighted by Crippen LogP contribution is -2.23. The van der Waals surface area contributed by atoms with E-state index in [9.17, 15) is 20.0 Å². The van der Waals surface area contributed by atoms with E-state index in [0.29, 0.717) is 19.3 Å². The van der Waals surface area contributed by atoms with Crippen molar-refractivity contribution in [3.8, 4) is 0 Å². The van der Waals surface area contributed by atoms with Gasteiger partial charge >= 0.3 is 5.97 Å². The fourth-order valence-electron chi connectivity index (χ4n) is 2.80. The van der Waals surface area contributed by atoms with Gasteiger partial charge in [0.2, 0.25) is 6.54 Å². The molecule has 0 aromatic heterocycles. The van der Waals surface area contributed by atoms with Crippen LogP contribution in [0, 0.1) is 22.0 Å². The Morgan fingerprint density at radius 2 is 2.05 bits per heavy atom. The number of aliphatic hydroxyl groups excluding tert-OH is 1. The zero-order chi connectivity index (χ0) is 15.0. The third-order valence-corrected chi connectivity index (χ3v) is 3.90. The fourth-order valence-corrected chi connectivity index (χ4v) is 2.80. The summed E-state index contributed by atoms with van der Waals surface area (Å²) in [6, 6.07) is 0. The SMILES string of the molecule is O=C(O)CCCCC=CCC1C(O)CCC1C[N+](=O)[O-]. The van der Waals surface area contributed by atoms with E-state index in [1.54, 1.807) is 0 Å². The van der Waals surface area contributed by atoms with Crippen molar-refractivity contribution in [2.24, 2.45) is 11.8 Å². The van der Waals surface area contributed by atoms with E-state index in [4.69, 9.17) is 5.11 Å². The van der Waals surface area contributed by atoms with Gasteiger partial charge < -0.3 is 10.2 Å². The van der Waals surface area contributed by atoms with Gasteiger partial charge in [-0.25, -0.2) is 0 Å². The second-order valence-electron chi connectivity index (χ2n) is 5.43. The molecule has 1 aliphatic carbocycles. The molecule has 1 aliphatic rings. The predicted molar refractivity (Wildman–Crippen MR) is 73.9 cm³/mol. The van der Waals surface area contributed by atoms with E-state index in [1.165, 1.54) is 0 Å². The summed E-state index contributed by atoms with van der Waals surface area (Å²) < 4.78 is 0. The molecule has 0 aromatic carbocycles. The molecule has 114 valence electrons. The number of hydrogen-bond donors (Lipinski definition) is 2. The van der Waals surface area contributed by atoms with E-state index in [0.717, 1.165) is 19.3 Å². The second-order valence-corrected chi connectivity index (χ2v) is 5.43. The highest BCUT2D eigenvalue weighted by molar-refractivity contribution is 5.66. The maximum absolute atomic E-state index is 10.6. The van der Waals surface area contributed by atoms with E-state index < -0.39 is 12.1 Å². The lowest BCUT2D eigenvalue weighted by atomic mass is 9.91. The molecule has 0 bridgehead atoms. The van der Waals surface area contributed by atoms with Crippen molar-refractivity contribution in [1.82, 2.24) is 0 Å². The minimum absolute atomic E-state index is 0.0179. The van der Waals surface area contributed by atoms with Gasteiger partial charge in [-0.15, -0.1) is 0 Å². The molecule has 0 amide bonds. The number of hydrogen-bond acceptors (Lipinski definition) is 4. The maximum Gasteiger partial charge on any atom is 0.303 e. The molecule has 0 spiro atoms. The van der Waals surface area contributed by atoms with Gasteiger partial charge in [-0.1, -0.05) is 12.2 Å². The number of unbranched alkanes of at least 4 members (excludes halogenated alkanes) is 2. The molecule has 3 unspecified atom stereocenters. The van der Waals surface area contributed by atoms with E-state index >= 15 is 0 Å². The Bertz CT molecular complexity index is 355. The van der Waals surface area contributed by atoms with Crippen LogP contribution in [0.5, 0.6) is 0 Å². The largest absolute Gasteiger partial charge is 0.481 e. The van der Waals surface area contributed by atoms with E-state index in [2.05, 4.69) is 0 Å². The van der Waals surface area contributed by atoms with Crippen molar-refractivity contribution >= 4 is 5.97 Å². The van der Waals surface area contributed by atoms with Crippen molar-refractivity contribution in [3.63, 3.8) is 0 Å². The molecule has 0 radical (unpaired) electrons. The minimum atomic E-state index is -0.773. The van der Waals surface area contributed by atoms with Gasteiger partial charge in [0.05, 0.1) is 6.10 Å². The Hall–Kier alpha value is -1.43. The van der Waals surface area contributed by atoms with Gasteiger partial charge in [-0.05, 0) is 44.4 Å². The number of rotatable bonds is 9. The van der Waals surface area contributed by atoms with Crippen LogP contribution in [0.3, 0.4) is 0 Å². The van der Waals surface area contributed by atoms with Crippen molar-refractivity contribution in [2.45, 2.75) is 51.0 Å². The molecule has 1 saturated carbocycles. The van der Waals surface area contributed by atoms with Crippen LogP contribution in [0.1, 0.15) is 44.9 Å². The summed E-state index contributed by atoms with van der Waals surface area (Å²) in [4.78, 5) is 20.6. The summed E-state index contributed by atoms with van der Waals surface area (Å²) in [6.45, 7) is -0.0613. The highest BCUT2D eigenvalue weighted by atomic mass is 16.6. The molecule has 0 saturated heterocycles. The summed E-state index contributed by atoms with van der Waals surface area (Å²) in [5.41, 5.74) is 0. The fraction of sp³-hybridized carbons (Fsp3) is 0.786. The molecule has 2 N–H and O–H groups in total. The number of aliphatic hydroxyl groups is 1. The summed E-state index contributed by atoms with van der Waals surface area (Å²) in [6.07, 6.45) is 8.05. The number of allylic oxidation sites excluding steroid dienone is 2. The van der Waals surface area contributed by atoms with Crippen LogP contribution in [0.15, 0.2) is 12.2 Å². The van der Waals surface area contributed by atoms with Gasteiger partial charge in [0.15, 0.2) is 0 Å². The molecule has 3 atom stereocenters. The second kappa shape index (κ2) is 8.68. The molecule has 20 heavy (non-hydrogen) atoms. The number of carbonyl (C=O) groups is 1. The van der Waals surface area contributed by atoms with Crippen LogP contribution in [-0.4, -0.2) is 33.8 Å². The number of nitro groups is 1. The number of carboxylic acid groups (broad SMARTS) is 1. The number of aliphatic carboxylic acids is 1. The Morgan fingerprint density at radius 1 is 1.30 bits per heavy atom. The smallest absolute Gasteiger partial charge is 0.303 e. The van der Waals surface area contributed by atoms with Crippen molar-refractivity contribution in [2.75, 3.05) is 6.54 Å². The quantitative estimate of drug-likeness (QED) is 0.293. The van der Waals surface area contributed by atoms with Crippen LogP contribution in [0.2, 0.25) is 0 Å². The topological polar surface area (TPSA) is 101 Å². The maximum atomic E-state index is 10.6. The van der Waals surface area contributed by atoms with Gasteiger partial charge in [-0.3, -0.25) is 14.9 Å². The third-order valence-electron chi connectivity index (χ3n) is 3.90. The van der Waals surface area contributed by atoms with Gasteiger partial charge in [0.25, 0.3) is 0 Å². The standard InChI is InChI=1S/C14H23NO5/c16-13-9-8-11(10-15(19)20)12(13)6-4-2-1-3-5-7-14(17)18/h2,4,11-13,16H,1,3,5-10H2,(H,17,18). The number of nitrogens with zero attached hydrogens (tertiary/aromatic N) is 1. The summed E-state index contributed by atoms with van der Waals surface area (Å²) in [5.74, 6) is -0.821. The van der Waals surface area contributed by atoms with E-state index in [-0.39, 0.29) is 29.7 Å². The van der Waals surface area contributed by atoms with Crippen LogP contribution >= 0.6 is 0 Å². The van der Waals surface area contributed by atoms with Crippen LogP contribution in [0.4, 0.5) is 0 Å². The molecule has 0 aliphatic heterocycles. The molecular weight excluding hydrogens is 262 g/mol. The number of carboxylic acids is 1. The van der Waals surface area contributed by atoms with Gasteiger partial charge in [0, 0.05) is 17.3 Å². The first-order valence-corrected chi connectivity index (χ1v) is 7.17. The minimum Gasteiger partial charge on any atom is -0.481 e. The lowest BCUT2D eigenvalue weighted by molar-refractivity contribution is -0.489. The average molecular weight is 285 g/mol. The molecule has 1 rings (SSSR count). The molecule has 6 nitrogen and oxygen atoms in total. The molecule has 0 aromatic rings. The van der Waals surface area contributed by atoms with Gasteiger partial charge in [0.1, 0.15) is 0 Å². The summed E-state index contributed by atoms with van der Waals surface area (Å²) in [7, 11) is 0. The molecule has 0 heterocycles. The van der Waals surface area contributed by atoms with Crippen molar-refractivity contribution < 1.29 is 19.9 Å². The Morgan fingerprint density at radius 3 is 2.70 bits per heavy atom. The Balaban J connectivity index is 2.24. The zero-order valence-corrected chi connectivity index (χ0v) is 11.6. The first-order chi connectivity index (χ1) is 9.50. The average Bonchev–Trinajstić information content (AvgIpc) is 2.68. The van der Waals surface area contributed by atoms with Crippen molar-refractivity contribution in [3.05, 3.63) is 22.3 Å². The highest BCUT2D eigenvalue weighted by Crippen LogP contribution is 2.34. The Kier molecular flexibility index (Phi) is 7.22. The lowest BCUT2D eigenvalue weighted by Gasteiger charge is -2.17. The highest BCUT2D eigenvalue weighted by Gasteiger charge is 2.36. The molecular formula is C14H23NO5. The first-order valence-electron chi connectivity index (χ1n) is 7.17. The third kappa shape index (κ3) is 6.14. The molecule has 1 fully saturated rings. The van der Waals surface area contributed by atoms with Crippen molar-refractivity contribution in [1.29, 1.82) is 0 Å². The monoisotopic (exact) mass is 285 g/mol. The summed E-state index contributed by atoms with van der Waals surface area (Å²) >= 11 is 0. The van der Waals surface area contributed by atoms with Gasteiger partial charge in [-0.2, -0.15) is 0 Å². The summed E-state index contributed by atoms with van der Waals surface area (Å²) in [5, 5.41) is 28.9. The first kappa shape index (κ1) is 16.6.